The highest BCUT2D eigenvalue weighted by Crippen LogP contribution is 2.14. The van der Waals surface area contributed by atoms with Crippen molar-refractivity contribution in [3.05, 3.63) is 134 Å². The lowest BCUT2D eigenvalue weighted by Crippen LogP contribution is -2.30. The topological polar surface area (TPSA) is 78.9 Å². The summed E-state index contributed by atoms with van der Waals surface area (Å²) < 4.78 is 16.8. The fourth-order valence-electron chi connectivity index (χ4n) is 7.72. The van der Waals surface area contributed by atoms with Crippen LogP contribution in [0.1, 0.15) is 252 Å². The van der Waals surface area contributed by atoms with E-state index in [1.807, 2.05) is 0 Å². The molecule has 0 aromatic rings. The van der Waals surface area contributed by atoms with Crippen molar-refractivity contribution in [2.24, 2.45) is 0 Å². The lowest BCUT2D eigenvalue weighted by Gasteiger charge is -2.18. The third-order valence-corrected chi connectivity index (χ3v) is 12.1. The second-order valence-corrected chi connectivity index (χ2v) is 19.1. The first kappa shape index (κ1) is 68.6. The number of hydrogen-bond donors (Lipinski definition) is 0. The molecule has 0 rings (SSSR count). The fourth-order valence-corrected chi connectivity index (χ4v) is 7.72. The molecule has 0 aromatic heterocycles. The van der Waals surface area contributed by atoms with Gasteiger partial charge in [-0.25, -0.2) is 0 Å². The second-order valence-electron chi connectivity index (χ2n) is 19.1. The maximum Gasteiger partial charge on any atom is 0.306 e. The zero-order valence-corrected chi connectivity index (χ0v) is 47.1. The van der Waals surface area contributed by atoms with E-state index < -0.39 is 6.10 Å². The molecular weight excluding hydrogens is 901 g/mol. The number of unbranched alkanes of at least 4 members (excludes halogenated alkanes) is 19. The maximum atomic E-state index is 12.9. The fraction of sp³-hybridized carbons (Fsp3) is 0.627. The summed E-state index contributed by atoms with van der Waals surface area (Å²) in [5.41, 5.74) is 0. The summed E-state index contributed by atoms with van der Waals surface area (Å²) in [7, 11) is 0. The summed E-state index contributed by atoms with van der Waals surface area (Å²) in [5.74, 6) is -0.980. The number of carbonyl (C=O) groups excluding carboxylic acids is 3. The predicted octanol–water partition coefficient (Wildman–Crippen LogP) is 20.2. The molecule has 0 radical (unpaired) electrons. The van der Waals surface area contributed by atoms with E-state index in [1.54, 1.807) is 0 Å². The van der Waals surface area contributed by atoms with Crippen molar-refractivity contribution in [3.63, 3.8) is 0 Å². The first-order chi connectivity index (χ1) is 36.0. The van der Waals surface area contributed by atoms with Crippen LogP contribution in [0.3, 0.4) is 0 Å². The Morgan fingerprint density at radius 3 is 0.863 bits per heavy atom. The minimum absolute atomic E-state index is 0.109. The molecule has 6 heteroatoms. The van der Waals surface area contributed by atoms with Crippen LogP contribution in [0.5, 0.6) is 0 Å². The van der Waals surface area contributed by atoms with Crippen LogP contribution < -0.4 is 0 Å². The SMILES string of the molecule is CC/C=C\C/C=C\C/C=C\C/C=C\C/C=C\CCCCCC(=O)OC[C@H](COC(=O)CCCCCCCCC/C=C\CCCCCCCC)OC(=O)CCCCC/C=C\C/C=C\C/C=C\C/C=C\C/C=C\CC. The Kier molecular flexibility index (Phi) is 56.4. The second kappa shape index (κ2) is 60.1. The Morgan fingerprint density at radius 2 is 0.534 bits per heavy atom. The lowest BCUT2D eigenvalue weighted by molar-refractivity contribution is -0.167. The highest BCUT2D eigenvalue weighted by Gasteiger charge is 2.19. The van der Waals surface area contributed by atoms with Gasteiger partial charge in [-0.3, -0.25) is 14.4 Å². The van der Waals surface area contributed by atoms with Crippen LogP contribution in [0.15, 0.2) is 134 Å². The zero-order chi connectivity index (χ0) is 52.9. The molecule has 0 aliphatic rings. The van der Waals surface area contributed by atoms with Crippen molar-refractivity contribution in [2.45, 2.75) is 258 Å². The van der Waals surface area contributed by atoms with Crippen LogP contribution in [0, 0.1) is 0 Å². The van der Waals surface area contributed by atoms with E-state index in [4.69, 9.17) is 14.2 Å². The first-order valence-electron chi connectivity index (χ1n) is 29.7. The Labute approximate surface area is 449 Å². The molecule has 0 saturated carbocycles. The Hall–Kier alpha value is -4.45. The molecule has 0 spiro atoms. The molecule has 0 amide bonds. The third-order valence-electron chi connectivity index (χ3n) is 12.1. The van der Waals surface area contributed by atoms with E-state index in [9.17, 15) is 14.4 Å². The summed E-state index contributed by atoms with van der Waals surface area (Å²) >= 11 is 0. The van der Waals surface area contributed by atoms with Crippen LogP contribution >= 0.6 is 0 Å². The van der Waals surface area contributed by atoms with E-state index >= 15 is 0 Å². The van der Waals surface area contributed by atoms with Gasteiger partial charge in [-0.05, 0) is 135 Å². The molecule has 0 aliphatic carbocycles. The summed E-state index contributed by atoms with van der Waals surface area (Å²) in [6.07, 6.45) is 84.4. The summed E-state index contributed by atoms with van der Waals surface area (Å²) in [6, 6.07) is 0. The van der Waals surface area contributed by atoms with Crippen LogP contribution in [-0.4, -0.2) is 37.2 Å². The van der Waals surface area contributed by atoms with Crippen LogP contribution in [-0.2, 0) is 28.6 Å². The first-order valence-corrected chi connectivity index (χ1v) is 29.7. The molecule has 0 aliphatic heterocycles. The number of esters is 3. The quantitative estimate of drug-likeness (QED) is 0.0261. The van der Waals surface area contributed by atoms with Gasteiger partial charge in [0.2, 0.25) is 0 Å². The number of ether oxygens (including phenoxy) is 3. The smallest absolute Gasteiger partial charge is 0.306 e. The lowest BCUT2D eigenvalue weighted by atomic mass is 10.1. The molecular formula is C67H108O6. The maximum absolute atomic E-state index is 12.9. The van der Waals surface area contributed by atoms with Crippen LogP contribution in [0.2, 0.25) is 0 Å². The van der Waals surface area contributed by atoms with Gasteiger partial charge in [-0.1, -0.05) is 231 Å². The number of carbonyl (C=O) groups is 3. The molecule has 73 heavy (non-hydrogen) atoms. The Bertz CT molecular complexity index is 1580. The van der Waals surface area contributed by atoms with Gasteiger partial charge in [0.15, 0.2) is 6.10 Å². The van der Waals surface area contributed by atoms with E-state index in [-0.39, 0.29) is 37.5 Å². The van der Waals surface area contributed by atoms with E-state index in [2.05, 4.69) is 154 Å². The van der Waals surface area contributed by atoms with E-state index in [0.717, 1.165) is 128 Å². The molecule has 0 fully saturated rings. The van der Waals surface area contributed by atoms with Crippen molar-refractivity contribution in [1.29, 1.82) is 0 Å². The van der Waals surface area contributed by atoms with Gasteiger partial charge in [0.1, 0.15) is 13.2 Å². The molecule has 1 atom stereocenters. The van der Waals surface area contributed by atoms with Crippen molar-refractivity contribution < 1.29 is 28.6 Å². The molecule has 0 heterocycles. The molecule has 0 saturated heterocycles. The normalized spacial score (nSPS) is 13.1. The highest BCUT2D eigenvalue weighted by atomic mass is 16.6. The molecule has 412 valence electrons. The molecule has 0 bridgehead atoms. The van der Waals surface area contributed by atoms with E-state index in [1.165, 1.54) is 77.0 Å². The van der Waals surface area contributed by atoms with Crippen LogP contribution in [0.25, 0.3) is 0 Å². The summed E-state index contributed by atoms with van der Waals surface area (Å²) in [6.45, 7) is 6.35. The van der Waals surface area contributed by atoms with Crippen molar-refractivity contribution in [1.82, 2.24) is 0 Å². The monoisotopic (exact) mass is 1010 g/mol. The predicted molar refractivity (Wildman–Crippen MR) is 316 cm³/mol. The Balaban J connectivity index is 4.54. The molecule has 0 unspecified atom stereocenters. The molecule has 6 nitrogen and oxygen atoms in total. The van der Waals surface area contributed by atoms with Gasteiger partial charge < -0.3 is 14.2 Å². The van der Waals surface area contributed by atoms with Crippen molar-refractivity contribution in [2.75, 3.05) is 13.2 Å². The van der Waals surface area contributed by atoms with Crippen molar-refractivity contribution in [3.8, 4) is 0 Å². The largest absolute Gasteiger partial charge is 0.462 e. The summed E-state index contributed by atoms with van der Waals surface area (Å²) in [5, 5.41) is 0. The highest BCUT2D eigenvalue weighted by molar-refractivity contribution is 5.71. The average Bonchev–Trinajstić information content (AvgIpc) is 3.39. The summed E-state index contributed by atoms with van der Waals surface area (Å²) in [4.78, 5) is 38.2. The van der Waals surface area contributed by atoms with Gasteiger partial charge in [-0.2, -0.15) is 0 Å². The van der Waals surface area contributed by atoms with Gasteiger partial charge >= 0.3 is 17.9 Å². The van der Waals surface area contributed by atoms with E-state index in [0.29, 0.717) is 19.3 Å². The number of allylic oxidation sites excluding steroid dienone is 22. The minimum atomic E-state index is -0.817. The van der Waals surface area contributed by atoms with Gasteiger partial charge in [0, 0.05) is 19.3 Å². The Morgan fingerprint density at radius 1 is 0.288 bits per heavy atom. The molecule has 0 N–H and O–H groups in total. The number of hydrogen-bond acceptors (Lipinski definition) is 6. The molecule has 0 aromatic carbocycles. The van der Waals surface area contributed by atoms with Gasteiger partial charge in [0.05, 0.1) is 0 Å². The van der Waals surface area contributed by atoms with Gasteiger partial charge in [-0.15, -0.1) is 0 Å². The zero-order valence-electron chi connectivity index (χ0n) is 47.1. The standard InChI is InChI=1S/C67H108O6/c1-4-7-10-13-16-19-22-25-28-31-33-36-39-42-45-48-51-54-57-60-66(69)72-63-64(62-71-65(68)59-56-53-50-47-44-41-38-35-30-27-24-21-18-15-12-9-6-3)73-67(70)61-58-55-52-49-46-43-40-37-34-32-29-26-23-20-17-14-11-8-5-2/h7-8,10-11,16-17,19-20,25-30,33-34,36-37,42-43,45-46,64H,4-6,9,12-15,18,21-24,31-32,35,38-41,44,47-63H2,1-3H3/b10-7-,11-8-,19-16-,20-17-,28-25-,29-26-,30-27-,36-33-,37-34-,45-42-,46-43-/t64-/m0/s1. The number of rotatable bonds is 52. The average molecular weight is 1010 g/mol. The minimum Gasteiger partial charge on any atom is -0.462 e. The third kappa shape index (κ3) is 58.3. The van der Waals surface area contributed by atoms with Crippen molar-refractivity contribution >= 4 is 17.9 Å². The van der Waals surface area contributed by atoms with Gasteiger partial charge in [0.25, 0.3) is 0 Å². The van der Waals surface area contributed by atoms with Crippen LogP contribution in [0.4, 0.5) is 0 Å².